The van der Waals surface area contributed by atoms with Gasteiger partial charge in [0.1, 0.15) is 11.9 Å². The number of ether oxygens (including phenoxy) is 1. The summed E-state index contributed by atoms with van der Waals surface area (Å²) in [6.07, 6.45) is 52.4. The quantitative estimate of drug-likeness (QED) is 0.172. The van der Waals surface area contributed by atoms with Crippen molar-refractivity contribution < 1.29 is 4.74 Å². The lowest BCUT2D eigenvalue weighted by Crippen LogP contribution is -2.56. The van der Waals surface area contributed by atoms with E-state index >= 15 is 0 Å². The Morgan fingerprint density at radius 1 is 0.727 bits per heavy atom. The van der Waals surface area contributed by atoms with Crippen LogP contribution >= 0.6 is 0 Å². The third-order valence-electron chi connectivity index (χ3n) is 18.3. The van der Waals surface area contributed by atoms with E-state index in [-0.39, 0.29) is 28.5 Å². The van der Waals surface area contributed by atoms with Crippen molar-refractivity contribution in [1.29, 1.82) is 0 Å². The summed E-state index contributed by atoms with van der Waals surface area (Å²) < 4.78 is 9.72. The molecule has 0 N–H and O–H groups in total. The fourth-order valence-corrected chi connectivity index (χ4v) is 15.3. The van der Waals surface area contributed by atoms with Crippen molar-refractivity contribution in [3.63, 3.8) is 0 Å². The average molecular weight is 865 g/mol. The van der Waals surface area contributed by atoms with E-state index in [1.807, 2.05) is 0 Å². The zero-order valence-electron chi connectivity index (χ0n) is 38.9. The Morgan fingerprint density at radius 3 is 2.45 bits per heavy atom. The fourth-order valence-electron chi connectivity index (χ4n) is 15.3. The number of benzene rings is 3. The first kappa shape index (κ1) is 40.5. The molecule has 332 valence electrons. The summed E-state index contributed by atoms with van der Waals surface area (Å²) in [6.45, 7) is 5.24. The highest BCUT2D eigenvalue weighted by molar-refractivity contribution is 5.94. The highest BCUT2D eigenvalue weighted by Gasteiger charge is 2.66. The first-order valence-electron chi connectivity index (χ1n) is 25.6. The predicted molar refractivity (Wildman–Crippen MR) is 274 cm³/mol. The Labute approximate surface area is 392 Å². The SMILES string of the molecule is CC12CCC(N(C3C=CC=C4c5ccccc5OC43)C3(C)C=CC(C4C=Cc5c(n(C6=CC=CCC6)c6ccccc56)C4)CC3)=CC1C(C1=CCCC=C1)(c1ccccc1)C1CCC=CC12. The minimum atomic E-state index is -0.200. The first-order chi connectivity index (χ1) is 32.5. The van der Waals surface area contributed by atoms with Gasteiger partial charge in [0.2, 0.25) is 0 Å². The first-order valence-corrected chi connectivity index (χ1v) is 25.6. The molecule has 8 aliphatic carbocycles. The van der Waals surface area contributed by atoms with E-state index in [1.165, 1.54) is 69.5 Å². The van der Waals surface area contributed by atoms with Crippen LogP contribution in [-0.4, -0.2) is 27.2 Å². The molecule has 1 saturated carbocycles. The maximum Gasteiger partial charge on any atom is 0.148 e. The van der Waals surface area contributed by atoms with Gasteiger partial charge in [-0.15, -0.1) is 0 Å². The Hall–Kier alpha value is -5.80. The summed E-state index contributed by atoms with van der Waals surface area (Å²) in [5.74, 6) is 3.39. The van der Waals surface area contributed by atoms with E-state index in [4.69, 9.17) is 4.74 Å². The Kier molecular flexibility index (Phi) is 9.60. The van der Waals surface area contributed by atoms with Gasteiger partial charge < -0.3 is 14.2 Å². The van der Waals surface area contributed by atoms with Gasteiger partial charge in [-0.1, -0.05) is 165 Å². The van der Waals surface area contributed by atoms with Crippen molar-refractivity contribution in [3.05, 3.63) is 204 Å². The third-order valence-corrected chi connectivity index (χ3v) is 18.3. The van der Waals surface area contributed by atoms with Crippen LogP contribution in [0.1, 0.15) is 100 Å². The number of hydrogen-bond donors (Lipinski definition) is 0. The van der Waals surface area contributed by atoms with Gasteiger partial charge in [0.15, 0.2) is 0 Å². The van der Waals surface area contributed by atoms with Crippen LogP contribution in [0.25, 0.3) is 28.2 Å². The largest absolute Gasteiger partial charge is 0.483 e. The molecular weight excluding hydrogens is 801 g/mol. The van der Waals surface area contributed by atoms with Crippen LogP contribution in [0.2, 0.25) is 0 Å². The fraction of sp³-hybridized carbons (Fsp3) is 0.365. The second-order valence-corrected chi connectivity index (χ2v) is 21.5. The van der Waals surface area contributed by atoms with Crippen LogP contribution in [0.3, 0.4) is 0 Å². The summed E-state index contributed by atoms with van der Waals surface area (Å²) in [5, 5.41) is 1.38. The smallest absolute Gasteiger partial charge is 0.148 e. The number of aromatic nitrogens is 1. The van der Waals surface area contributed by atoms with Gasteiger partial charge in [-0.2, -0.15) is 0 Å². The van der Waals surface area contributed by atoms with E-state index in [0.29, 0.717) is 29.6 Å². The molecule has 9 aliphatic rings. The van der Waals surface area contributed by atoms with Crippen molar-refractivity contribution >= 4 is 28.2 Å². The van der Waals surface area contributed by atoms with Gasteiger partial charge in [0, 0.05) is 44.6 Å². The van der Waals surface area contributed by atoms with E-state index in [9.17, 15) is 0 Å². The molecule has 4 aromatic rings. The lowest BCUT2D eigenvalue weighted by molar-refractivity contribution is 0.0642. The van der Waals surface area contributed by atoms with Crippen LogP contribution in [-0.2, 0) is 11.8 Å². The van der Waals surface area contributed by atoms with Crippen LogP contribution in [0, 0.1) is 35.0 Å². The van der Waals surface area contributed by atoms with E-state index in [1.54, 1.807) is 5.57 Å². The maximum absolute atomic E-state index is 7.10. The monoisotopic (exact) mass is 865 g/mol. The summed E-state index contributed by atoms with van der Waals surface area (Å²) in [4.78, 5) is 2.91. The summed E-state index contributed by atoms with van der Waals surface area (Å²) in [6, 6.07) is 29.7. The molecule has 3 heteroatoms. The summed E-state index contributed by atoms with van der Waals surface area (Å²) in [7, 11) is 0. The maximum atomic E-state index is 7.10. The van der Waals surface area contributed by atoms with Gasteiger partial charge >= 0.3 is 0 Å². The van der Waals surface area contributed by atoms with Gasteiger partial charge in [-0.05, 0) is 142 Å². The van der Waals surface area contributed by atoms with Crippen LogP contribution in [0.5, 0.6) is 5.75 Å². The van der Waals surface area contributed by atoms with Crippen molar-refractivity contribution in [1.82, 2.24) is 9.47 Å². The standard InChI is InChI=1S/C63H64N2O/c1-61(38-35-43(36-39-61)44-33-34-50-49-25-12-16-30-55(49)64(57(50)41-44)47-23-10-5-11-24-47)65(56-31-18-27-52-51-26-13-17-32-58(51)66-60(52)56)48-37-40-62(2)53-28-14-15-29-54(53)63(59(62)42-48,45-19-6-3-7-20-45)46-21-8-4-9-22-46/h3,5-8,10,12-14,16-23,25-28,30-35,38,42-44,53-54,56,59-60H,4,9,11,15,24,29,36-37,39-41H2,1-2H3. The molecule has 0 bridgehead atoms. The van der Waals surface area contributed by atoms with Crippen molar-refractivity contribution in [2.45, 2.75) is 108 Å². The molecule has 3 nitrogen and oxygen atoms in total. The Morgan fingerprint density at radius 2 is 1.61 bits per heavy atom. The lowest BCUT2D eigenvalue weighted by Gasteiger charge is -2.54. The highest BCUT2D eigenvalue weighted by Crippen LogP contribution is 2.71. The molecule has 66 heavy (non-hydrogen) atoms. The molecule has 3 aromatic carbocycles. The second-order valence-electron chi connectivity index (χ2n) is 21.5. The third kappa shape index (κ3) is 6.00. The molecule has 1 fully saturated rings. The molecule has 10 unspecified atom stereocenters. The predicted octanol–water partition coefficient (Wildman–Crippen LogP) is 14.9. The van der Waals surface area contributed by atoms with E-state index < -0.39 is 0 Å². The molecule has 13 rings (SSSR count). The number of allylic oxidation sites excluding steroid dienone is 16. The molecule has 10 atom stereocenters. The summed E-state index contributed by atoms with van der Waals surface area (Å²) >= 11 is 0. The molecule has 1 aromatic heterocycles. The van der Waals surface area contributed by atoms with Gasteiger partial charge in [-0.25, -0.2) is 0 Å². The molecule has 0 spiro atoms. The number of nitrogens with zero attached hydrogens (tertiary/aromatic N) is 2. The normalized spacial score (nSPS) is 34.6. The molecular formula is C63H64N2O. The summed E-state index contributed by atoms with van der Waals surface area (Å²) in [5.41, 5.74) is 12.7. The topological polar surface area (TPSA) is 17.4 Å². The number of rotatable bonds is 7. The van der Waals surface area contributed by atoms with Crippen molar-refractivity contribution in [2.75, 3.05) is 0 Å². The van der Waals surface area contributed by atoms with Crippen LogP contribution in [0.15, 0.2) is 181 Å². The molecule has 0 radical (unpaired) electrons. The van der Waals surface area contributed by atoms with E-state index in [0.717, 1.165) is 57.1 Å². The number of hydrogen-bond acceptors (Lipinski definition) is 2. The molecule has 0 saturated heterocycles. The Bertz CT molecular complexity index is 2920. The Balaban J connectivity index is 0.916. The second kappa shape index (κ2) is 15.6. The minimum Gasteiger partial charge on any atom is -0.483 e. The molecule has 0 amide bonds. The zero-order chi connectivity index (χ0) is 44.0. The van der Waals surface area contributed by atoms with Gasteiger partial charge in [0.05, 0.1) is 17.1 Å². The highest BCUT2D eigenvalue weighted by atomic mass is 16.5. The van der Waals surface area contributed by atoms with Crippen LogP contribution < -0.4 is 4.74 Å². The van der Waals surface area contributed by atoms with Gasteiger partial charge in [-0.3, -0.25) is 0 Å². The number of fused-ring (bicyclic) bond motifs is 9. The van der Waals surface area contributed by atoms with Crippen molar-refractivity contribution in [2.24, 2.45) is 35.0 Å². The number of para-hydroxylation sites is 2. The van der Waals surface area contributed by atoms with E-state index in [2.05, 4.69) is 199 Å². The zero-order valence-corrected chi connectivity index (χ0v) is 38.9. The van der Waals surface area contributed by atoms with Crippen LogP contribution in [0.4, 0.5) is 0 Å². The van der Waals surface area contributed by atoms with Gasteiger partial charge in [0.25, 0.3) is 0 Å². The molecule has 2 heterocycles. The minimum absolute atomic E-state index is 0.0629. The lowest BCUT2D eigenvalue weighted by atomic mass is 9.57. The van der Waals surface area contributed by atoms with Crippen molar-refractivity contribution in [3.8, 4) is 5.75 Å². The average Bonchev–Trinajstić information content (AvgIpc) is 4.00. The molecule has 1 aliphatic heterocycles.